The average molecular weight is 444 g/mol. The quantitative estimate of drug-likeness (QED) is 0.553. The van der Waals surface area contributed by atoms with Crippen LogP contribution in [0.4, 0.5) is 5.69 Å². The highest BCUT2D eigenvalue weighted by Crippen LogP contribution is 2.32. The van der Waals surface area contributed by atoms with Crippen LogP contribution in [0.15, 0.2) is 29.6 Å². The summed E-state index contributed by atoms with van der Waals surface area (Å²) in [4.78, 5) is 24.5. The van der Waals surface area contributed by atoms with E-state index in [4.69, 9.17) is 0 Å². The lowest BCUT2D eigenvalue weighted by Crippen LogP contribution is -2.50. The molecular formula is C22H25N3O3S2. The fourth-order valence-electron chi connectivity index (χ4n) is 3.53. The third-order valence-corrected chi connectivity index (χ3v) is 7.35. The number of benzene rings is 1. The molecule has 0 atom stereocenters. The number of hydrogen-bond acceptors (Lipinski definition) is 8. The lowest BCUT2D eigenvalue weighted by molar-refractivity contribution is -0.122. The van der Waals surface area contributed by atoms with E-state index in [0.29, 0.717) is 28.7 Å². The number of aliphatic hydroxyl groups excluding tert-OH is 2. The molecule has 0 radical (unpaired) electrons. The van der Waals surface area contributed by atoms with Crippen molar-refractivity contribution in [1.82, 2.24) is 9.97 Å². The first kappa shape index (κ1) is 21.1. The number of hydrogen-bond donors (Lipinski definition) is 2. The summed E-state index contributed by atoms with van der Waals surface area (Å²) in [5, 5.41) is 22.0. The zero-order chi connectivity index (χ0) is 21.3. The summed E-state index contributed by atoms with van der Waals surface area (Å²) in [5.41, 5.74) is 3.72. The van der Waals surface area contributed by atoms with Gasteiger partial charge in [0.2, 0.25) is 0 Å². The summed E-state index contributed by atoms with van der Waals surface area (Å²) in [7, 11) is 0. The third kappa shape index (κ3) is 4.32. The van der Waals surface area contributed by atoms with E-state index in [0.717, 1.165) is 23.0 Å². The van der Waals surface area contributed by atoms with Crippen molar-refractivity contribution in [3.05, 3.63) is 50.9 Å². The average Bonchev–Trinajstić information content (AvgIpc) is 3.33. The molecule has 2 N–H and O–H groups in total. The largest absolute Gasteiger partial charge is 0.390 e. The molecule has 30 heavy (non-hydrogen) atoms. The molecule has 2 aromatic heterocycles. The van der Waals surface area contributed by atoms with Crippen molar-refractivity contribution >= 4 is 34.1 Å². The van der Waals surface area contributed by atoms with Gasteiger partial charge < -0.3 is 15.1 Å². The Morgan fingerprint density at radius 1 is 1.13 bits per heavy atom. The summed E-state index contributed by atoms with van der Waals surface area (Å²) >= 11 is 2.77. The van der Waals surface area contributed by atoms with Gasteiger partial charge in [0.25, 0.3) is 0 Å². The molecule has 0 saturated carbocycles. The fourth-order valence-corrected chi connectivity index (χ4v) is 5.29. The molecule has 0 amide bonds. The van der Waals surface area contributed by atoms with Crippen LogP contribution in [0, 0.1) is 5.92 Å². The summed E-state index contributed by atoms with van der Waals surface area (Å²) in [6, 6.07) is 8.60. The van der Waals surface area contributed by atoms with Crippen LogP contribution in [0.1, 0.15) is 41.0 Å². The topological polar surface area (TPSA) is 86.6 Å². The van der Waals surface area contributed by atoms with E-state index in [9.17, 15) is 15.0 Å². The van der Waals surface area contributed by atoms with Crippen molar-refractivity contribution in [3.8, 4) is 10.6 Å². The van der Waals surface area contributed by atoms with Crippen LogP contribution < -0.4 is 4.90 Å². The van der Waals surface area contributed by atoms with Crippen LogP contribution in [0.3, 0.4) is 0 Å². The second-order valence-corrected chi connectivity index (χ2v) is 9.84. The first-order chi connectivity index (χ1) is 14.5. The maximum atomic E-state index is 12.7. The van der Waals surface area contributed by atoms with E-state index in [1.54, 1.807) is 0 Å². The van der Waals surface area contributed by atoms with Gasteiger partial charge in [-0.1, -0.05) is 26.0 Å². The van der Waals surface area contributed by atoms with E-state index < -0.39 is 0 Å². The maximum absolute atomic E-state index is 12.7. The molecule has 3 aromatic rings. The number of aromatic nitrogens is 2. The van der Waals surface area contributed by atoms with E-state index in [-0.39, 0.29) is 24.9 Å². The van der Waals surface area contributed by atoms with Crippen LogP contribution in [0.25, 0.3) is 10.6 Å². The molecule has 1 fully saturated rings. The first-order valence-corrected chi connectivity index (χ1v) is 11.7. The molecule has 158 valence electrons. The Kier molecular flexibility index (Phi) is 6.29. The van der Waals surface area contributed by atoms with E-state index in [1.807, 2.05) is 5.38 Å². The minimum Gasteiger partial charge on any atom is -0.390 e. The smallest absolute Gasteiger partial charge is 0.146 e. The maximum Gasteiger partial charge on any atom is 0.146 e. The number of anilines is 1. The molecule has 0 unspecified atom stereocenters. The van der Waals surface area contributed by atoms with Crippen LogP contribution in [-0.2, 0) is 24.4 Å². The van der Waals surface area contributed by atoms with Gasteiger partial charge in [-0.2, -0.15) is 0 Å². The van der Waals surface area contributed by atoms with Crippen molar-refractivity contribution in [2.24, 2.45) is 5.92 Å². The summed E-state index contributed by atoms with van der Waals surface area (Å²) in [6.45, 7) is 5.51. The van der Waals surface area contributed by atoms with Gasteiger partial charge in [-0.15, -0.1) is 22.7 Å². The highest BCUT2D eigenvalue weighted by atomic mass is 32.1. The summed E-state index contributed by atoms with van der Waals surface area (Å²) < 4.78 is 0. The molecule has 0 aliphatic carbocycles. The van der Waals surface area contributed by atoms with Crippen LogP contribution in [0.2, 0.25) is 0 Å². The lowest BCUT2D eigenvalue weighted by atomic mass is 9.92. The Morgan fingerprint density at radius 3 is 2.50 bits per heavy atom. The number of carbonyl (C=O) groups is 1. The monoisotopic (exact) mass is 443 g/mol. The predicted octanol–water partition coefficient (Wildman–Crippen LogP) is 3.62. The second-order valence-electron chi connectivity index (χ2n) is 7.82. The molecule has 0 bridgehead atoms. The molecule has 1 aliphatic rings. The van der Waals surface area contributed by atoms with Crippen LogP contribution in [-0.4, -0.2) is 39.1 Å². The molecule has 6 nitrogen and oxygen atoms in total. The molecule has 1 aromatic carbocycles. The fraction of sp³-hybridized carbons (Fsp3) is 0.409. The van der Waals surface area contributed by atoms with Gasteiger partial charge >= 0.3 is 0 Å². The lowest BCUT2D eigenvalue weighted by Gasteiger charge is -2.40. The standard InChI is InChI=1S/C22H25N3O3S2/c1-13(2)14-3-5-16(6-4-14)25-8-15(9-25)19(28)7-20-24-18(12-29-20)22-17(10-26)23-21(11-27)30-22/h3-6,12-13,15,26-27H,7-11H2,1-2H3. The van der Waals surface area contributed by atoms with Crippen molar-refractivity contribution in [2.75, 3.05) is 18.0 Å². The number of nitrogens with zero attached hydrogens (tertiary/aromatic N) is 3. The zero-order valence-corrected chi connectivity index (χ0v) is 18.7. The van der Waals surface area contributed by atoms with Gasteiger partial charge in [-0.3, -0.25) is 4.79 Å². The van der Waals surface area contributed by atoms with Crippen molar-refractivity contribution in [1.29, 1.82) is 0 Å². The van der Waals surface area contributed by atoms with Gasteiger partial charge in [0.15, 0.2) is 0 Å². The van der Waals surface area contributed by atoms with E-state index in [2.05, 4.69) is 53.0 Å². The number of rotatable bonds is 8. The van der Waals surface area contributed by atoms with Gasteiger partial charge in [-0.25, -0.2) is 9.97 Å². The summed E-state index contributed by atoms with van der Waals surface area (Å²) in [6.07, 6.45) is 0.329. The SMILES string of the molecule is CC(C)c1ccc(N2CC(C(=O)Cc3nc(-c4sc(CO)nc4CO)cs3)C2)cc1. The number of carbonyl (C=O) groups excluding carboxylic acids is 1. The highest BCUT2D eigenvalue weighted by Gasteiger charge is 2.33. The number of aliphatic hydroxyl groups is 2. The Hall–Kier alpha value is -2.13. The Labute approximate surface area is 183 Å². The highest BCUT2D eigenvalue weighted by molar-refractivity contribution is 7.16. The van der Waals surface area contributed by atoms with Gasteiger partial charge in [0.05, 0.1) is 41.8 Å². The molecule has 1 aliphatic heterocycles. The zero-order valence-electron chi connectivity index (χ0n) is 17.0. The Bertz CT molecular complexity index is 1020. The summed E-state index contributed by atoms with van der Waals surface area (Å²) in [5.74, 6) is 0.773. The predicted molar refractivity (Wildman–Crippen MR) is 120 cm³/mol. The van der Waals surface area contributed by atoms with E-state index >= 15 is 0 Å². The second kappa shape index (κ2) is 8.93. The molecular weight excluding hydrogens is 418 g/mol. The van der Waals surface area contributed by atoms with Crippen molar-refractivity contribution in [3.63, 3.8) is 0 Å². The molecule has 4 rings (SSSR count). The number of thiazole rings is 2. The first-order valence-electron chi connectivity index (χ1n) is 10.0. The molecule has 0 spiro atoms. The molecule has 8 heteroatoms. The van der Waals surface area contributed by atoms with Crippen molar-refractivity contribution in [2.45, 2.75) is 39.4 Å². The van der Waals surface area contributed by atoms with E-state index in [1.165, 1.54) is 33.9 Å². The van der Waals surface area contributed by atoms with Gasteiger partial charge in [0.1, 0.15) is 15.8 Å². The normalized spacial score (nSPS) is 14.4. The van der Waals surface area contributed by atoms with Gasteiger partial charge in [0, 0.05) is 24.2 Å². The van der Waals surface area contributed by atoms with Crippen molar-refractivity contribution < 1.29 is 15.0 Å². The minimum absolute atomic E-state index is 0.0412. The Balaban J connectivity index is 1.35. The van der Waals surface area contributed by atoms with Gasteiger partial charge in [-0.05, 0) is 23.6 Å². The minimum atomic E-state index is -0.201. The van der Waals surface area contributed by atoms with Crippen LogP contribution >= 0.6 is 22.7 Å². The van der Waals surface area contributed by atoms with Crippen LogP contribution in [0.5, 0.6) is 0 Å². The molecule has 3 heterocycles. The third-order valence-electron chi connectivity index (χ3n) is 5.40. The Morgan fingerprint density at radius 2 is 1.87 bits per heavy atom. The number of Topliss-reactive ketones (excluding diaryl/α,β-unsaturated/α-hetero) is 1. The number of ketones is 1. The molecule has 1 saturated heterocycles.